The summed E-state index contributed by atoms with van der Waals surface area (Å²) >= 11 is 12.2. The van der Waals surface area contributed by atoms with Gasteiger partial charge in [0.05, 0.1) is 16.3 Å². The lowest BCUT2D eigenvalue weighted by Crippen LogP contribution is -2.16. The molecule has 4 aromatic rings. The third-order valence-corrected chi connectivity index (χ3v) is 5.93. The van der Waals surface area contributed by atoms with Gasteiger partial charge in [0.1, 0.15) is 18.1 Å². The molecule has 11 heteroatoms. The first-order chi connectivity index (χ1) is 18.2. The Balaban J connectivity index is 1.30. The fourth-order valence-electron chi connectivity index (χ4n) is 3.65. The molecule has 0 aliphatic rings. The normalized spacial score (nSPS) is 11.1. The van der Waals surface area contributed by atoms with E-state index < -0.39 is 18.5 Å². The lowest BCUT2D eigenvalue weighted by molar-refractivity contribution is -0.139. The molecule has 0 radical (unpaired) electrons. The van der Waals surface area contributed by atoms with Gasteiger partial charge in [-0.25, -0.2) is 10.2 Å². The third-order valence-electron chi connectivity index (χ3n) is 5.37. The SMILES string of the molecule is Cc1ccc(C)n1-c1ccc(OCc2ccc(C(=O)N/N=C/c3cc(Cl)c(OCC(=O)O)c(Cl)c3)o2)cc1. The number of benzene rings is 2. The van der Waals surface area contributed by atoms with Crippen LogP contribution in [0.15, 0.2) is 70.2 Å². The smallest absolute Gasteiger partial charge is 0.341 e. The number of carbonyl (C=O) groups excluding carboxylic acids is 1. The quantitative estimate of drug-likeness (QED) is 0.189. The highest BCUT2D eigenvalue weighted by Gasteiger charge is 2.13. The van der Waals surface area contributed by atoms with Crippen LogP contribution in [-0.2, 0) is 11.4 Å². The highest BCUT2D eigenvalue weighted by atomic mass is 35.5. The molecule has 38 heavy (non-hydrogen) atoms. The molecule has 0 spiro atoms. The van der Waals surface area contributed by atoms with Crippen LogP contribution in [0, 0.1) is 13.8 Å². The number of aryl methyl sites for hydroxylation is 2. The minimum absolute atomic E-state index is 0.0456. The van der Waals surface area contributed by atoms with Crippen molar-refractivity contribution in [2.45, 2.75) is 20.5 Å². The predicted molar refractivity (Wildman–Crippen MR) is 143 cm³/mol. The molecular formula is C27H23Cl2N3O6. The van der Waals surface area contributed by atoms with Gasteiger partial charge >= 0.3 is 11.9 Å². The lowest BCUT2D eigenvalue weighted by Gasteiger charge is -2.10. The number of carboxylic acids is 1. The number of halogens is 2. The minimum atomic E-state index is -1.16. The average molecular weight is 556 g/mol. The van der Waals surface area contributed by atoms with Crippen LogP contribution in [0.2, 0.25) is 10.0 Å². The van der Waals surface area contributed by atoms with Crippen LogP contribution in [0.3, 0.4) is 0 Å². The maximum absolute atomic E-state index is 12.4. The molecule has 2 aromatic carbocycles. The lowest BCUT2D eigenvalue weighted by atomic mass is 10.2. The summed E-state index contributed by atoms with van der Waals surface area (Å²) in [7, 11) is 0. The summed E-state index contributed by atoms with van der Waals surface area (Å²) in [5.41, 5.74) is 6.16. The van der Waals surface area contributed by atoms with E-state index in [-0.39, 0.29) is 28.2 Å². The Morgan fingerprint density at radius 3 is 2.29 bits per heavy atom. The van der Waals surface area contributed by atoms with Gasteiger partial charge in [0.15, 0.2) is 18.1 Å². The molecule has 2 aromatic heterocycles. The molecule has 0 atom stereocenters. The number of hydrogen-bond donors (Lipinski definition) is 2. The fourth-order valence-corrected chi connectivity index (χ4v) is 4.26. The Labute approximate surface area is 228 Å². The Morgan fingerprint density at radius 2 is 1.66 bits per heavy atom. The van der Waals surface area contributed by atoms with Crippen LogP contribution in [0.4, 0.5) is 0 Å². The molecular weight excluding hydrogens is 533 g/mol. The first-order valence-electron chi connectivity index (χ1n) is 11.3. The number of carbonyl (C=O) groups is 2. The Kier molecular flexibility index (Phi) is 8.40. The van der Waals surface area contributed by atoms with Gasteiger partial charge in [-0.05, 0) is 80.1 Å². The Hall–Kier alpha value is -4.21. The Morgan fingerprint density at radius 1 is 1.00 bits per heavy atom. The highest BCUT2D eigenvalue weighted by molar-refractivity contribution is 6.37. The van der Waals surface area contributed by atoms with Crippen LogP contribution in [0.1, 0.15) is 33.3 Å². The number of furan rings is 1. The number of nitrogens with one attached hydrogen (secondary N) is 1. The van der Waals surface area contributed by atoms with E-state index in [4.69, 9.17) is 42.2 Å². The number of aromatic nitrogens is 1. The van der Waals surface area contributed by atoms with E-state index in [1.807, 2.05) is 24.3 Å². The standard InChI is InChI=1S/C27H23Cl2N3O6/c1-16-3-4-17(2)32(16)19-5-7-20(8-6-19)36-14-21-9-10-24(38-21)27(35)31-30-13-18-11-22(28)26(23(29)12-18)37-15-25(33)34/h3-13H,14-15H2,1-2H3,(H,31,35)(H,33,34)/b30-13+. The minimum Gasteiger partial charge on any atom is -0.486 e. The molecule has 0 saturated heterocycles. The van der Waals surface area contributed by atoms with Crippen LogP contribution < -0.4 is 14.9 Å². The Bertz CT molecular complexity index is 1450. The summed E-state index contributed by atoms with van der Waals surface area (Å²) < 4.78 is 18.6. The van der Waals surface area contributed by atoms with Gasteiger partial charge in [-0.3, -0.25) is 4.79 Å². The van der Waals surface area contributed by atoms with Crippen molar-refractivity contribution >= 4 is 41.3 Å². The van der Waals surface area contributed by atoms with E-state index >= 15 is 0 Å². The van der Waals surface area contributed by atoms with Gasteiger partial charge in [0.2, 0.25) is 0 Å². The summed E-state index contributed by atoms with van der Waals surface area (Å²) in [6.45, 7) is 3.67. The van der Waals surface area contributed by atoms with Crippen molar-refractivity contribution in [3.63, 3.8) is 0 Å². The third kappa shape index (κ3) is 6.56. The molecule has 2 heterocycles. The molecule has 1 amide bonds. The maximum atomic E-state index is 12.4. The van der Waals surface area contributed by atoms with Gasteiger partial charge < -0.3 is 23.6 Å². The summed E-state index contributed by atoms with van der Waals surface area (Å²) in [5.74, 6) is -0.485. The van der Waals surface area contributed by atoms with Crippen LogP contribution in [0.25, 0.3) is 5.69 Å². The van der Waals surface area contributed by atoms with Crippen molar-refractivity contribution in [3.05, 3.63) is 99.2 Å². The van der Waals surface area contributed by atoms with E-state index in [0.29, 0.717) is 17.1 Å². The number of aliphatic carboxylic acids is 1. The summed E-state index contributed by atoms with van der Waals surface area (Å²) in [6, 6.07) is 18.0. The van der Waals surface area contributed by atoms with E-state index in [0.717, 1.165) is 17.1 Å². The zero-order valence-electron chi connectivity index (χ0n) is 20.4. The number of amides is 1. The van der Waals surface area contributed by atoms with Crippen molar-refractivity contribution in [1.29, 1.82) is 0 Å². The molecule has 9 nitrogen and oxygen atoms in total. The van der Waals surface area contributed by atoms with Crippen LogP contribution >= 0.6 is 23.2 Å². The van der Waals surface area contributed by atoms with Crippen LogP contribution in [0.5, 0.6) is 11.5 Å². The summed E-state index contributed by atoms with van der Waals surface area (Å²) in [6.07, 6.45) is 1.32. The second-order valence-corrected chi connectivity index (χ2v) is 9.01. The van der Waals surface area contributed by atoms with Crippen molar-refractivity contribution in [1.82, 2.24) is 9.99 Å². The van der Waals surface area contributed by atoms with Crippen LogP contribution in [-0.4, -0.2) is 34.4 Å². The first-order valence-corrected chi connectivity index (χ1v) is 12.1. The highest BCUT2D eigenvalue weighted by Crippen LogP contribution is 2.33. The molecule has 0 aliphatic carbocycles. The number of nitrogens with zero attached hydrogens (tertiary/aromatic N) is 2. The summed E-state index contributed by atoms with van der Waals surface area (Å²) in [5, 5.41) is 12.8. The van der Waals surface area contributed by atoms with E-state index in [1.165, 1.54) is 24.4 Å². The number of carboxylic acid groups (broad SMARTS) is 1. The molecule has 0 bridgehead atoms. The molecule has 0 aliphatic heterocycles. The van der Waals surface area contributed by atoms with Gasteiger partial charge in [-0.15, -0.1) is 0 Å². The predicted octanol–water partition coefficient (Wildman–Crippen LogP) is 5.80. The van der Waals surface area contributed by atoms with Gasteiger partial charge in [0.25, 0.3) is 0 Å². The van der Waals surface area contributed by atoms with Gasteiger partial charge in [0, 0.05) is 17.1 Å². The van der Waals surface area contributed by atoms with Crippen molar-refractivity contribution in [2.24, 2.45) is 5.10 Å². The number of rotatable bonds is 10. The van der Waals surface area contributed by atoms with Gasteiger partial charge in [-0.2, -0.15) is 5.10 Å². The maximum Gasteiger partial charge on any atom is 0.341 e. The molecule has 196 valence electrons. The zero-order chi connectivity index (χ0) is 27.2. The van der Waals surface area contributed by atoms with E-state index in [1.54, 1.807) is 6.07 Å². The van der Waals surface area contributed by atoms with E-state index in [9.17, 15) is 9.59 Å². The molecule has 0 saturated carbocycles. The second-order valence-electron chi connectivity index (χ2n) is 8.20. The molecule has 0 fully saturated rings. The molecule has 4 rings (SSSR count). The first kappa shape index (κ1) is 26.8. The largest absolute Gasteiger partial charge is 0.486 e. The number of ether oxygens (including phenoxy) is 2. The number of hydrazone groups is 1. The fraction of sp³-hybridized carbons (Fsp3) is 0.148. The van der Waals surface area contributed by atoms with Crippen molar-refractivity contribution in [3.8, 4) is 17.2 Å². The molecule has 0 unspecified atom stereocenters. The van der Waals surface area contributed by atoms with E-state index in [2.05, 4.69) is 41.1 Å². The molecule has 2 N–H and O–H groups in total. The zero-order valence-corrected chi connectivity index (χ0v) is 21.9. The average Bonchev–Trinajstić information content (AvgIpc) is 3.48. The topological polar surface area (TPSA) is 115 Å². The van der Waals surface area contributed by atoms with Gasteiger partial charge in [-0.1, -0.05) is 23.2 Å². The second kappa shape index (κ2) is 11.9. The monoisotopic (exact) mass is 555 g/mol. The summed E-state index contributed by atoms with van der Waals surface area (Å²) in [4.78, 5) is 23.0. The van der Waals surface area contributed by atoms with Crippen molar-refractivity contribution < 1.29 is 28.6 Å². The number of hydrogen-bond acceptors (Lipinski definition) is 6. The van der Waals surface area contributed by atoms with Crippen molar-refractivity contribution in [2.75, 3.05) is 6.61 Å².